The minimum absolute atomic E-state index is 0.257. The Labute approximate surface area is 146 Å². The average molecular weight is 389 g/mol. The molecule has 0 saturated heterocycles. The van der Waals surface area contributed by atoms with Crippen LogP contribution in [0.15, 0.2) is 0 Å². The maximum atomic E-state index is 9.77. The summed E-state index contributed by atoms with van der Waals surface area (Å²) in [4.78, 5) is 41.0. The second-order valence-electron chi connectivity index (χ2n) is 4.66. The number of aliphatic hydroxyl groups is 5. The summed E-state index contributed by atoms with van der Waals surface area (Å²) in [6.45, 7) is 1.02. The van der Waals surface area contributed by atoms with E-state index in [9.17, 15) is 19.2 Å². The second-order valence-corrected chi connectivity index (χ2v) is 4.66. The van der Waals surface area contributed by atoms with E-state index >= 15 is 0 Å². The number of likely N-dealkylation sites (N-methyl/N-ethyl adjacent to an activating group) is 1. The Bertz CT molecular complexity index is 380. The van der Waals surface area contributed by atoms with E-state index in [1.165, 1.54) is 0 Å². The molecule has 0 radical (unpaired) electrons. The van der Waals surface area contributed by atoms with Crippen LogP contribution in [0.5, 0.6) is 0 Å². The summed E-state index contributed by atoms with van der Waals surface area (Å²) in [6, 6.07) is 0. The molecule has 154 valence electrons. The van der Waals surface area contributed by atoms with Crippen LogP contribution in [0, 0.1) is 0 Å². The summed E-state index contributed by atoms with van der Waals surface area (Å²) in [5.41, 5.74) is 0. The Morgan fingerprint density at radius 2 is 0.846 bits per heavy atom. The lowest BCUT2D eigenvalue weighted by molar-refractivity contribution is -0.165. The third kappa shape index (κ3) is 15.2. The molecule has 0 aromatic carbocycles. The SMILES string of the molecule is CN(C)CCO.O=C(O)C(O)C(O)C(=O)O.O=C(O)C(O)C(O)C(=O)O. The molecule has 0 aliphatic rings. The summed E-state index contributed by atoms with van der Waals surface area (Å²) in [5, 5.41) is 73.2. The fraction of sp³-hybridized carbons (Fsp3) is 0.667. The van der Waals surface area contributed by atoms with Crippen LogP contribution >= 0.6 is 0 Å². The highest BCUT2D eigenvalue weighted by Gasteiger charge is 2.30. The van der Waals surface area contributed by atoms with Gasteiger partial charge in [0.1, 0.15) is 0 Å². The molecule has 14 nitrogen and oxygen atoms in total. The van der Waals surface area contributed by atoms with E-state index in [1.807, 2.05) is 19.0 Å². The molecular weight excluding hydrogens is 366 g/mol. The molecule has 0 rings (SSSR count). The van der Waals surface area contributed by atoms with Gasteiger partial charge in [-0.1, -0.05) is 0 Å². The lowest BCUT2D eigenvalue weighted by Gasteiger charge is -2.07. The third-order valence-corrected chi connectivity index (χ3v) is 2.16. The topological polar surface area (TPSA) is 254 Å². The molecule has 0 aliphatic carbocycles. The monoisotopic (exact) mass is 389 g/mol. The number of carbonyl (C=O) groups is 4. The van der Waals surface area contributed by atoms with E-state index in [2.05, 4.69) is 0 Å². The summed E-state index contributed by atoms with van der Waals surface area (Å²) >= 11 is 0. The van der Waals surface area contributed by atoms with Crippen LogP contribution in [0.4, 0.5) is 0 Å². The van der Waals surface area contributed by atoms with Gasteiger partial charge in [0.15, 0.2) is 24.4 Å². The number of carboxylic acid groups (broad SMARTS) is 4. The number of nitrogens with zero attached hydrogens (tertiary/aromatic N) is 1. The Hall–Kier alpha value is -2.36. The predicted octanol–water partition coefficient (Wildman–Crippen LogP) is -4.70. The van der Waals surface area contributed by atoms with Crippen LogP contribution in [0.3, 0.4) is 0 Å². The van der Waals surface area contributed by atoms with Crippen molar-refractivity contribution in [2.24, 2.45) is 0 Å². The van der Waals surface area contributed by atoms with Crippen molar-refractivity contribution in [3.05, 3.63) is 0 Å². The van der Waals surface area contributed by atoms with E-state index in [0.717, 1.165) is 6.54 Å². The first-order chi connectivity index (χ1) is 11.7. The van der Waals surface area contributed by atoms with E-state index < -0.39 is 48.3 Å². The molecule has 0 aliphatic heterocycles. The number of hydrogen-bond donors (Lipinski definition) is 9. The van der Waals surface area contributed by atoms with Crippen molar-refractivity contribution in [1.29, 1.82) is 0 Å². The average Bonchev–Trinajstić information content (AvgIpc) is 2.52. The first-order valence-electron chi connectivity index (χ1n) is 6.59. The number of aliphatic hydroxyl groups excluding tert-OH is 5. The first kappa shape index (κ1) is 28.4. The Kier molecular flexibility index (Phi) is 16.3. The largest absolute Gasteiger partial charge is 0.479 e. The van der Waals surface area contributed by atoms with Crippen LogP contribution in [0.2, 0.25) is 0 Å². The molecule has 4 atom stereocenters. The van der Waals surface area contributed by atoms with Crippen LogP contribution in [0.1, 0.15) is 0 Å². The highest BCUT2D eigenvalue weighted by atomic mass is 16.4. The van der Waals surface area contributed by atoms with Crippen molar-refractivity contribution in [2.75, 3.05) is 27.2 Å². The van der Waals surface area contributed by atoms with Crippen LogP contribution in [0.25, 0.3) is 0 Å². The molecule has 9 N–H and O–H groups in total. The minimum Gasteiger partial charge on any atom is -0.479 e. The molecule has 0 amide bonds. The first-order valence-corrected chi connectivity index (χ1v) is 6.59. The van der Waals surface area contributed by atoms with Gasteiger partial charge in [-0.2, -0.15) is 0 Å². The van der Waals surface area contributed by atoms with Gasteiger partial charge >= 0.3 is 23.9 Å². The standard InChI is InChI=1S/C4H11NO.2C4H6O6/c1-5(2)3-4-6;2*5-1(3(7)8)2(6)4(9)10/h6H,3-4H2,1-2H3;2*1-2,5-6H,(H,7,8)(H,9,10). The molecule has 0 fully saturated rings. The quantitative estimate of drug-likeness (QED) is 0.189. The normalized spacial score (nSPS) is 14.5. The van der Waals surface area contributed by atoms with Gasteiger partial charge in [-0.3, -0.25) is 0 Å². The molecule has 0 aromatic heterocycles. The molecular formula is C12H23NO13. The van der Waals surface area contributed by atoms with E-state index in [1.54, 1.807) is 0 Å². The Morgan fingerprint density at radius 1 is 0.654 bits per heavy atom. The molecule has 0 spiro atoms. The van der Waals surface area contributed by atoms with Gasteiger partial charge in [0, 0.05) is 6.54 Å². The zero-order valence-electron chi connectivity index (χ0n) is 13.8. The van der Waals surface area contributed by atoms with Crippen molar-refractivity contribution < 1.29 is 65.1 Å². The van der Waals surface area contributed by atoms with Gasteiger partial charge in [0.2, 0.25) is 0 Å². The fourth-order valence-electron chi connectivity index (χ4n) is 0.740. The molecule has 14 heteroatoms. The third-order valence-electron chi connectivity index (χ3n) is 2.16. The highest BCUT2D eigenvalue weighted by molar-refractivity contribution is 5.83. The predicted molar refractivity (Wildman–Crippen MR) is 80.2 cm³/mol. The van der Waals surface area contributed by atoms with Crippen LogP contribution in [-0.4, -0.2) is 126 Å². The van der Waals surface area contributed by atoms with E-state index in [0.29, 0.717) is 0 Å². The Balaban J connectivity index is -0.000000316. The molecule has 0 aromatic rings. The van der Waals surface area contributed by atoms with Gasteiger partial charge < -0.3 is 50.9 Å². The van der Waals surface area contributed by atoms with E-state index in [-0.39, 0.29) is 6.61 Å². The zero-order chi connectivity index (χ0) is 21.6. The summed E-state index contributed by atoms with van der Waals surface area (Å²) in [6.07, 6.45) is -9.06. The number of aliphatic carboxylic acids is 4. The Morgan fingerprint density at radius 3 is 0.885 bits per heavy atom. The maximum absolute atomic E-state index is 9.77. The fourth-order valence-corrected chi connectivity index (χ4v) is 0.740. The van der Waals surface area contributed by atoms with Crippen LogP contribution in [-0.2, 0) is 19.2 Å². The number of carboxylic acids is 4. The maximum Gasteiger partial charge on any atom is 0.335 e. The van der Waals surface area contributed by atoms with Gasteiger partial charge in [-0.05, 0) is 14.1 Å². The van der Waals surface area contributed by atoms with Crippen molar-refractivity contribution in [3.8, 4) is 0 Å². The van der Waals surface area contributed by atoms with Gasteiger partial charge in [0.05, 0.1) is 6.61 Å². The van der Waals surface area contributed by atoms with Crippen molar-refractivity contribution >= 4 is 23.9 Å². The van der Waals surface area contributed by atoms with Crippen LogP contribution < -0.4 is 0 Å². The van der Waals surface area contributed by atoms with Gasteiger partial charge in [0.25, 0.3) is 0 Å². The zero-order valence-corrected chi connectivity index (χ0v) is 13.8. The number of rotatable bonds is 8. The van der Waals surface area contributed by atoms with Crippen molar-refractivity contribution in [1.82, 2.24) is 4.90 Å². The van der Waals surface area contributed by atoms with Crippen molar-refractivity contribution in [2.45, 2.75) is 24.4 Å². The molecule has 0 saturated carbocycles. The van der Waals surface area contributed by atoms with Gasteiger partial charge in [-0.15, -0.1) is 0 Å². The summed E-state index contributed by atoms with van der Waals surface area (Å²) in [5.74, 6) is -7.07. The van der Waals surface area contributed by atoms with E-state index in [4.69, 9.17) is 46.0 Å². The lowest BCUT2D eigenvalue weighted by atomic mass is 10.2. The summed E-state index contributed by atoms with van der Waals surface area (Å²) < 4.78 is 0. The second kappa shape index (κ2) is 14.9. The molecule has 0 heterocycles. The minimum atomic E-state index is -2.27. The smallest absolute Gasteiger partial charge is 0.335 e. The molecule has 0 bridgehead atoms. The van der Waals surface area contributed by atoms with Crippen molar-refractivity contribution in [3.63, 3.8) is 0 Å². The van der Waals surface area contributed by atoms with Gasteiger partial charge in [-0.25, -0.2) is 19.2 Å². The number of hydrogen-bond acceptors (Lipinski definition) is 10. The lowest BCUT2D eigenvalue weighted by Crippen LogP contribution is -2.39. The highest BCUT2D eigenvalue weighted by Crippen LogP contribution is 1.93. The molecule has 4 unspecified atom stereocenters. The summed E-state index contributed by atoms with van der Waals surface area (Å²) in [7, 11) is 3.85. The molecule has 26 heavy (non-hydrogen) atoms.